The molecule has 0 aliphatic rings. The van der Waals surface area contributed by atoms with Gasteiger partial charge in [0.15, 0.2) is 0 Å². The molecule has 0 aromatic heterocycles. The molecule has 0 spiro atoms. The van der Waals surface area contributed by atoms with Gasteiger partial charge in [-0.15, -0.1) is 0 Å². The lowest BCUT2D eigenvalue weighted by atomic mass is 10.1. The third-order valence-corrected chi connectivity index (χ3v) is 3.14. The Morgan fingerprint density at radius 3 is 1.94 bits per heavy atom. The van der Waals surface area contributed by atoms with Gasteiger partial charge in [-0.2, -0.15) is 0 Å². The number of phosphoric ester groups is 1. The van der Waals surface area contributed by atoms with Gasteiger partial charge in [-0.05, 0) is 20.3 Å². The summed E-state index contributed by atoms with van der Waals surface area (Å²) < 4.78 is 24.8. The summed E-state index contributed by atoms with van der Waals surface area (Å²) >= 11 is 0. The fourth-order valence-corrected chi connectivity index (χ4v) is 1.83. The largest absolute Gasteiger partial charge is 0.527 e. The molecule has 100 valence electrons. The van der Waals surface area contributed by atoms with Crippen LogP contribution in [0.3, 0.4) is 0 Å². The maximum absolute atomic E-state index is 11.2. The zero-order chi connectivity index (χ0) is 13.9. The van der Waals surface area contributed by atoms with Crippen LogP contribution in [-0.2, 0) is 18.4 Å². The molecule has 0 aliphatic heterocycles. The van der Waals surface area contributed by atoms with Crippen molar-refractivity contribution >= 4 is 21.4 Å². The highest BCUT2D eigenvalue weighted by molar-refractivity contribution is 7.51. The van der Waals surface area contributed by atoms with Crippen LogP contribution in [0, 0.1) is 0 Å². The van der Waals surface area contributed by atoms with Crippen molar-refractivity contribution in [1.82, 2.24) is 0 Å². The molecule has 0 atom stereocenters. The first-order valence-corrected chi connectivity index (χ1v) is 7.75. The summed E-state index contributed by atoms with van der Waals surface area (Å²) in [5, 5.41) is 0. The maximum atomic E-state index is 11.2. The Labute approximate surface area is 97.7 Å². The molecule has 0 heterocycles. The fraction of sp³-hybridized carbons (Fsp3) is 0.571. The zero-order valence-electron chi connectivity index (χ0n) is 9.23. The first kappa shape index (κ1) is 16.5. The van der Waals surface area contributed by atoms with E-state index in [-0.39, 0.29) is 12.0 Å². The molecule has 0 unspecified atom stereocenters. The molecule has 0 fully saturated rings. The fourth-order valence-electron chi connectivity index (χ4n) is 0.852. The molecule has 0 aromatic rings. The minimum absolute atomic E-state index is 0.0631. The average molecular weight is 288 g/mol. The summed E-state index contributed by atoms with van der Waals surface area (Å²) in [6.45, 7) is 2.68. The zero-order valence-corrected chi connectivity index (χ0v) is 11.0. The van der Waals surface area contributed by atoms with Crippen LogP contribution in [0.4, 0.5) is 0 Å². The maximum Gasteiger partial charge on any atom is 0.527 e. The van der Waals surface area contributed by atoms with Gasteiger partial charge in [0.1, 0.15) is 0 Å². The van der Waals surface area contributed by atoms with Crippen molar-refractivity contribution in [3.63, 3.8) is 0 Å². The van der Waals surface area contributed by atoms with Crippen LogP contribution < -0.4 is 0 Å². The summed E-state index contributed by atoms with van der Waals surface area (Å²) in [6, 6.07) is 0. The van der Waals surface area contributed by atoms with E-state index < -0.39 is 27.5 Å². The van der Waals surface area contributed by atoms with Gasteiger partial charge in [-0.25, -0.2) is 9.36 Å². The van der Waals surface area contributed by atoms with Crippen molar-refractivity contribution < 1.29 is 38.0 Å². The number of carbonyl (C=O) groups is 1. The molecule has 17 heavy (non-hydrogen) atoms. The molecular weight excluding hydrogens is 274 g/mol. The van der Waals surface area contributed by atoms with Crippen molar-refractivity contribution in [2.45, 2.75) is 20.3 Å². The second-order valence-corrected chi connectivity index (χ2v) is 6.35. The number of phosphoric acid groups is 1. The summed E-state index contributed by atoms with van der Waals surface area (Å²) in [4.78, 5) is 45.2. The third-order valence-electron chi connectivity index (χ3n) is 1.93. The molecule has 0 saturated heterocycles. The molecule has 0 amide bonds. The molecule has 0 aromatic carbocycles. The van der Waals surface area contributed by atoms with Crippen LogP contribution in [0.15, 0.2) is 11.1 Å². The molecule has 0 bridgehead atoms. The highest BCUT2D eigenvalue weighted by Crippen LogP contribution is 2.38. The normalized spacial score (nSPS) is 14.2. The van der Waals surface area contributed by atoms with Crippen molar-refractivity contribution in [3.05, 3.63) is 11.1 Å². The average Bonchev–Trinajstić information content (AvgIpc) is 2.08. The van der Waals surface area contributed by atoms with Gasteiger partial charge in [0, 0.05) is 5.57 Å². The second kappa shape index (κ2) is 5.91. The molecule has 10 heteroatoms. The lowest BCUT2D eigenvalue weighted by molar-refractivity contribution is -0.131. The Balaban J connectivity index is 4.65. The standard InChI is InChI=1S/C7H14O8P2/c1-5(3-4-16(9,10)11)6(2)7(8)15-17(12,13)14/h3-4H2,1-2H3,(H2,9,10,11)(H2,12,13,14). The van der Waals surface area contributed by atoms with Crippen LogP contribution in [-0.4, -0.2) is 31.7 Å². The summed E-state index contributed by atoms with van der Waals surface area (Å²) in [5.41, 5.74) is 0.216. The molecule has 0 saturated carbocycles. The number of rotatable bonds is 5. The van der Waals surface area contributed by atoms with Gasteiger partial charge in [0.2, 0.25) is 0 Å². The molecule has 0 rings (SSSR count). The van der Waals surface area contributed by atoms with E-state index in [2.05, 4.69) is 4.52 Å². The molecule has 0 radical (unpaired) electrons. The molecular formula is C7H14O8P2. The Kier molecular flexibility index (Phi) is 5.74. The lowest BCUT2D eigenvalue weighted by Crippen LogP contribution is -2.06. The minimum atomic E-state index is -4.90. The number of hydrogen-bond donors (Lipinski definition) is 4. The van der Waals surface area contributed by atoms with Crippen molar-refractivity contribution in [1.29, 1.82) is 0 Å². The van der Waals surface area contributed by atoms with Crippen LogP contribution in [0.2, 0.25) is 0 Å². The summed E-state index contributed by atoms with van der Waals surface area (Å²) in [7, 11) is -9.07. The van der Waals surface area contributed by atoms with Gasteiger partial charge < -0.3 is 14.3 Å². The van der Waals surface area contributed by atoms with Gasteiger partial charge in [-0.1, -0.05) is 5.57 Å². The van der Waals surface area contributed by atoms with E-state index in [4.69, 9.17) is 19.6 Å². The smallest absolute Gasteiger partial charge is 0.367 e. The van der Waals surface area contributed by atoms with E-state index in [1.165, 1.54) is 13.8 Å². The second-order valence-electron chi connectivity index (χ2n) is 3.41. The van der Waals surface area contributed by atoms with E-state index in [1.54, 1.807) is 0 Å². The first-order chi connectivity index (χ1) is 7.42. The van der Waals surface area contributed by atoms with E-state index in [9.17, 15) is 13.9 Å². The van der Waals surface area contributed by atoms with E-state index >= 15 is 0 Å². The SMILES string of the molecule is CC(CCP(=O)(O)O)=C(C)C(=O)OP(=O)(O)O. The number of hydrogen-bond acceptors (Lipinski definition) is 4. The van der Waals surface area contributed by atoms with Gasteiger partial charge in [0.05, 0.1) is 6.16 Å². The number of carbonyl (C=O) groups excluding carboxylic acids is 1. The van der Waals surface area contributed by atoms with Crippen LogP contribution in [0.1, 0.15) is 20.3 Å². The minimum Gasteiger partial charge on any atom is -0.367 e. The van der Waals surface area contributed by atoms with Gasteiger partial charge in [0.25, 0.3) is 0 Å². The van der Waals surface area contributed by atoms with E-state index in [1.807, 2.05) is 0 Å². The number of allylic oxidation sites excluding steroid dienone is 1. The Morgan fingerprint density at radius 1 is 1.12 bits per heavy atom. The third kappa shape index (κ3) is 8.26. The first-order valence-electron chi connectivity index (χ1n) is 4.43. The Hall–Kier alpha value is -0.490. The van der Waals surface area contributed by atoms with Gasteiger partial charge in [-0.3, -0.25) is 14.4 Å². The van der Waals surface area contributed by atoms with Gasteiger partial charge >= 0.3 is 21.4 Å². The molecule has 4 N–H and O–H groups in total. The van der Waals surface area contributed by atoms with Crippen LogP contribution in [0.5, 0.6) is 0 Å². The quantitative estimate of drug-likeness (QED) is 0.424. The van der Waals surface area contributed by atoms with E-state index in [0.29, 0.717) is 5.57 Å². The predicted octanol–water partition coefficient (Wildman–Crippen LogP) is 0.526. The van der Waals surface area contributed by atoms with Crippen molar-refractivity contribution in [3.8, 4) is 0 Å². The lowest BCUT2D eigenvalue weighted by Gasteiger charge is -2.09. The topological polar surface area (TPSA) is 141 Å². The van der Waals surface area contributed by atoms with Crippen LogP contribution in [0.25, 0.3) is 0 Å². The Morgan fingerprint density at radius 2 is 1.59 bits per heavy atom. The predicted molar refractivity (Wildman–Crippen MR) is 58.0 cm³/mol. The Bertz CT molecular complexity index is 414. The molecule has 8 nitrogen and oxygen atoms in total. The monoisotopic (exact) mass is 288 g/mol. The van der Waals surface area contributed by atoms with Crippen LogP contribution >= 0.6 is 15.4 Å². The molecule has 0 aliphatic carbocycles. The highest BCUT2D eigenvalue weighted by atomic mass is 31.2. The summed E-state index contributed by atoms with van der Waals surface area (Å²) in [6.07, 6.45) is -0.508. The summed E-state index contributed by atoms with van der Waals surface area (Å²) in [5.74, 6) is -1.21. The highest BCUT2D eigenvalue weighted by Gasteiger charge is 2.23. The van der Waals surface area contributed by atoms with Crippen molar-refractivity contribution in [2.75, 3.05) is 6.16 Å². The van der Waals surface area contributed by atoms with Crippen molar-refractivity contribution in [2.24, 2.45) is 0 Å². The van der Waals surface area contributed by atoms with E-state index in [0.717, 1.165) is 0 Å².